The van der Waals surface area contributed by atoms with Crippen LogP contribution in [0.15, 0.2) is 57.9 Å². The number of halogens is 1. The van der Waals surface area contributed by atoms with Crippen LogP contribution in [0.2, 0.25) is 0 Å². The van der Waals surface area contributed by atoms with E-state index in [2.05, 4.69) is 21.2 Å². The summed E-state index contributed by atoms with van der Waals surface area (Å²) in [4.78, 5) is 13.1. The number of hydrogen-bond acceptors (Lipinski definition) is 3. The quantitative estimate of drug-likeness (QED) is 0.725. The number of sulfonamides is 1. The lowest BCUT2D eigenvalue weighted by Crippen LogP contribution is -2.45. The maximum Gasteiger partial charge on any atom is 0.243 e. The average Bonchev–Trinajstić information content (AvgIpc) is 2.68. The number of aryl methyl sites for hydroxylation is 1. The van der Waals surface area contributed by atoms with E-state index in [0.29, 0.717) is 19.4 Å². The largest absolute Gasteiger partial charge is 0.349 e. The highest BCUT2D eigenvalue weighted by molar-refractivity contribution is 9.10. The first-order valence-corrected chi connectivity index (χ1v) is 11.6. The Hall–Kier alpha value is -1.70. The topological polar surface area (TPSA) is 66.5 Å². The highest BCUT2D eigenvalue weighted by Crippen LogP contribution is 2.26. The number of nitrogens with one attached hydrogen (secondary N) is 1. The van der Waals surface area contributed by atoms with Crippen LogP contribution < -0.4 is 5.32 Å². The summed E-state index contributed by atoms with van der Waals surface area (Å²) in [6.45, 7) is 4.63. The third-order valence-electron chi connectivity index (χ3n) is 5.22. The lowest BCUT2D eigenvalue weighted by Gasteiger charge is -2.32. The fraction of sp³-hybridized carbons (Fsp3) is 0.381. The number of carbonyl (C=O) groups is 1. The van der Waals surface area contributed by atoms with Crippen molar-refractivity contribution in [1.29, 1.82) is 0 Å². The Bertz CT molecular complexity index is 944. The Labute approximate surface area is 175 Å². The van der Waals surface area contributed by atoms with Gasteiger partial charge < -0.3 is 5.32 Å². The number of hydrogen-bond donors (Lipinski definition) is 1. The van der Waals surface area contributed by atoms with Gasteiger partial charge in [-0.05, 0) is 62.1 Å². The van der Waals surface area contributed by atoms with Crippen LogP contribution in [0.25, 0.3) is 0 Å². The van der Waals surface area contributed by atoms with Crippen LogP contribution in [0, 0.1) is 12.8 Å². The number of benzene rings is 2. The van der Waals surface area contributed by atoms with Gasteiger partial charge >= 0.3 is 0 Å². The molecule has 2 aromatic carbocycles. The van der Waals surface area contributed by atoms with E-state index in [1.54, 1.807) is 24.3 Å². The molecule has 7 heteroatoms. The number of amides is 1. The van der Waals surface area contributed by atoms with Crippen molar-refractivity contribution in [2.24, 2.45) is 5.92 Å². The van der Waals surface area contributed by atoms with Crippen molar-refractivity contribution in [2.45, 2.75) is 37.6 Å². The van der Waals surface area contributed by atoms with Gasteiger partial charge in [0.2, 0.25) is 15.9 Å². The molecule has 1 amide bonds. The molecule has 150 valence electrons. The second-order valence-corrected chi connectivity index (χ2v) is 10.1. The first kappa shape index (κ1) is 21.0. The van der Waals surface area contributed by atoms with Crippen molar-refractivity contribution < 1.29 is 13.2 Å². The summed E-state index contributed by atoms with van der Waals surface area (Å²) in [5.74, 6) is -0.433. The molecule has 0 aromatic heterocycles. The van der Waals surface area contributed by atoms with E-state index in [-0.39, 0.29) is 29.3 Å². The molecular formula is C21H25BrN2O3S. The SMILES string of the molecule is Cc1ccccc1C(C)NC(=O)C1CCCN(S(=O)(=O)c2ccc(Br)cc2)C1. The molecule has 2 aromatic rings. The van der Waals surface area contributed by atoms with Crippen LogP contribution in [-0.2, 0) is 14.8 Å². The monoisotopic (exact) mass is 464 g/mol. The fourth-order valence-corrected chi connectivity index (χ4v) is 5.40. The summed E-state index contributed by atoms with van der Waals surface area (Å²) in [5, 5.41) is 3.06. The highest BCUT2D eigenvalue weighted by atomic mass is 79.9. The predicted molar refractivity (Wildman–Crippen MR) is 113 cm³/mol. The average molecular weight is 465 g/mol. The molecule has 5 nitrogen and oxygen atoms in total. The molecule has 0 bridgehead atoms. The Morgan fingerprint density at radius 2 is 1.86 bits per heavy atom. The molecule has 2 unspecified atom stereocenters. The van der Waals surface area contributed by atoms with Crippen molar-refractivity contribution in [1.82, 2.24) is 9.62 Å². The molecule has 0 spiro atoms. The minimum absolute atomic E-state index is 0.0912. The van der Waals surface area contributed by atoms with Gasteiger partial charge in [0.25, 0.3) is 0 Å². The molecule has 3 rings (SSSR count). The summed E-state index contributed by atoms with van der Waals surface area (Å²) >= 11 is 3.32. The van der Waals surface area contributed by atoms with Gasteiger partial charge in [-0.15, -0.1) is 0 Å². The fourth-order valence-electron chi connectivity index (χ4n) is 3.61. The highest BCUT2D eigenvalue weighted by Gasteiger charge is 2.33. The van der Waals surface area contributed by atoms with Crippen molar-refractivity contribution in [3.05, 3.63) is 64.1 Å². The van der Waals surface area contributed by atoms with Gasteiger partial charge in [0.15, 0.2) is 0 Å². The van der Waals surface area contributed by atoms with E-state index in [1.807, 2.05) is 38.1 Å². The van der Waals surface area contributed by atoms with Gasteiger partial charge in [-0.1, -0.05) is 40.2 Å². The van der Waals surface area contributed by atoms with E-state index >= 15 is 0 Å². The third kappa shape index (κ3) is 4.64. The molecule has 1 N–H and O–H groups in total. The summed E-state index contributed by atoms with van der Waals surface area (Å²) in [6.07, 6.45) is 1.37. The molecule has 1 saturated heterocycles. The smallest absolute Gasteiger partial charge is 0.243 e. The van der Waals surface area contributed by atoms with Gasteiger partial charge in [0.05, 0.1) is 16.9 Å². The zero-order chi connectivity index (χ0) is 20.3. The molecule has 2 atom stereocenters. The second-order valence-electron chi connectivity index (χ2n) is 7.24. The van der Waals surface area contributed by atoms with Crippen LogP contribution in [0.3, 0.4) is 0 Å². The van der Waals surface area contributed by atoms with Crippen LogP contribution in [0.4, 0.5) is 0 Å². The van der Waals surface area contributed by atoms with Crippen molar-refractivity contribution in [3.63, 3.8) is 0 Å². The lowest BCUT2D eigenvalue weighted by molar-refractivity contribution is -0.126. The zero-order valence-electron chi connectivity index (χ0n) is 16.1. The van der Waals surface area contributed by atoms with Gasteiger partial charge in [0, 0.05) is 17.6 Å². The van der Waals surface area contributed by atoms with E-state index in [1.165, 1.54) is 4.31 Å². The maximum absolute atomic E-state index is 12.9. The first-order chi connectivity index (χ1) is 13.3. The number of nitrogens with zero attached hydrogens (tertiary/aromatic N) is 1. The van der Waals surface area contributed by atoms with E-state index < -0.39 is 10.0 Å². The molecule has 0 radical (unpaired) electrons. The van der Waals surface area contributed by atoms with Crippen molar-refractivity contribution >= 4 is 31.9 Å². The number of rotatable bonds is 5. The minimum atomic E-state index is -3.60. The molecule has 28 heavy (non-hydrogen) atoms. The Kier molecular flexibility index (Phi) is 6.58. The van der Waals surface area contributed by atoms with Gasteiger partial charge in [0.1, 0.15) is 0 Å². The first-order valence-electron chi connectivity index (χ1n) is 9.40. The van der Waals surface area contributed by atoms with Crippen LogP contribution >= 0.6 is 15.9 Å². The Morgan fingerprint density at radius 1 is 1.18 bits per heavy atom. The molecule has 0 saturated carbocycles. The Morgan fingerprint density at radius 3 is 2.54 bits per heavy atom. The third-order valence-corrected chi connectivity index (χ3v) is 7.63. The predicted octanol–water partition coefficient (Wildman–Crippen LogP) is 4.04. The van der Waals surface area contributed by atoms with Crippen molar-refractivity contribution in [3.8, 4) is 0 Å². The normalized spacial score (nSPS) is 19.2. The van der Waals surface area contributed by atoms with Crippen molar-refractivity contribution in [2.75, 3.05) is 13.1 Å². The van der Waals surface area contributed by atoms with E-state index in [9.17, 15) is 13.2 Å². The van der Waals surface area contributed by atoms with Gasteiger partial charge in [-0.25, -0.2) is 8.42 Å². The standard InChI is InChI=1S/C21H25BrN2O3S/c1-15-6-3-4-8-20(15)16(2)23-21(25)17-7-5-13-24(14-17)28(26,27)19-11-9-18(22)10-12-19/h3-4,6,8-12,16-17H,5,7,13-14H2,1-2H3,(H,23,25). The van der Waals surface area contributed by atoms with Crippen LogP contribution in [-0.4, -0.2) is 31.7 Å². The molecule has 1 fully saturated rings. The number of piperidine rings is 1. The zero-order valence-corrected chi connectivity index (χ0v) is 18.5. The van der Waals surface area contributed by atoms with Gasteiger partial charge in [-0.2, -0.15) is 4.31 Å². The molecular weight excluding hydrogens is 440 g/mol. The number of carbonyl (C=O) groups excluding carboxylic acids is 1. The Balaban J connectivity index is 1.69. The molecule has 1 heterocycles. The van der Waals surface area contributed by atoms with Crippen LogP contribution in [0.5, 0.6) is 0 Å². The second kappa shape index (κ2) is 8.76. The van der Waals surface area contributed by atoms with E-state index in [4.69, 9.17) is 0 Å². The molecule has 0 aliphatic carbocycles. The summed E-state index contributed by atoms with van der Waals surface area (Å²) < 4.78 is 28.1. The summed E-state index contributed by atoms with van der Waals surface area (Å²) in [7, 11) is -3.60. The van der Waals surface area contributed by atoms with Gasteiger partial charge in [-0.3, -0.25) is 4.79 Å². The molecule has 1 aliphatic heterocycles. The summed E-state index contributed by atoms with van der Waals surface area (Å²) in [5.41, 5.74) is 2.20. The molecule has 1 aliphatic rings. The van der Waals surface area contributed by atoms with Crippen LogP contribution in [0.1, 0.15) is 36.9 Å². The lowest BCUT2D eigenvalue weighted by atomic mass is 9.97. The maximum atomic E-state index is 12.9. The summed E-state index contributed by atoms with van der Waals surface area (Å²) in [6, 6.07) is 14.4. The minimum Gasteiger partial charge on any atom is -0.349 e. The van der Waals surface area contributed by atoms with E-state index in [0.717, 1.165) is 15.6 Å².